The Balaban J connectivity index is 0.000000344. The summed E-state index contributed by atoms with van der Waals surface area (Å²) < 4.78 is 266. The number of hydrogen-bond acceptors (Lipinski definition) is 15. The lowest BCUT2D eigenvalue weighted by Crippen LogP contribution is -2.38. The lowest BCUT2D eigenvalue weighted by Gasteiger charge is -2.19. The molecular formula is C87H117F13O10S5Si2. The van der Waals surface area contributed by atoms with E-state index in [-0.39, 0.29) is 107 Å². The number of benzene rings is 3. The minimum absolute atomic E-state index is 0.0188. The summed E-state index contributed by atoms with van der Waals surface area (Å²) in [5, 5.41) is 0. The fraction of sp³-hybridized carbons (Fsp3) is 0.563. The Morgan fingerprint density at radius 1 is 0.197 bits per heavy atom. The first-order valence-electron chi connectivity index (χ1n) is 41.0. The number of aryl methyl sites for hydroxylation is 3. The minimum Gasteiger partial charge on any atom is -0.489 e. The van der Waals surface area contributed by atoms with Crippen LogP contribution in [0, 0.1) is 96.4 Å². The molecule has 0 aliphatic rings. The van der Waals surface area contributed by atoms with Gasteiger partial charge in [-0.25, -0.2) is 57.1 Å². The van der Waals surface area contributed by atoms with Gasteiger partial charge in [0.25, 0.3) is 0 Å². The molecule has 0 bridgehead atoms. The summed E-state index contributed by atoms with van der Waals surface area (Å²) in [6.45, 7) is 41.8. The number of thiophene rings is 5. The molecule has 5 aromatic heterocycles. The summed E-state index contributed by atoms with van der Waals surface area (Å²) in [4.78, 5) is -0.544. The monoisotopic (exact) mass is 1780 g/mol. The first kappa shape index (κ1) is 99.5. The Morgan fingerprint density at radius 3 is 0.521 bits per heavy atom. The Hall–Kier alpha value is -6.32. The number of unbranched alkanes of at least 4 members (excludes halogenated alkanes) is 10. The van der Waals surface area contributed by atoms with Gasteiger partial charge < -0.3 is 47.4 Å². The highest BCUT2D eigenvalue weighted by atomic mass is 32.1. The average molecular weight is 1790 g/mol. The van der Waals surface area contributed by atoms with Gasteiger partial charge in [-0.2, -0.15) is 0 Å². The van der Waals surface area contributed by atoms with Gasteiger partial charge in [-0.1, -0.05) is 173 Å². The predicted molar refractivity (Wildman–Crippen MR) is 460 cm³/mol. The lowest BCUT2D eigenvalue weighted by atomic mass is 10.0. The topological polar surface area (TPSA) is 92.3 Å². The summed E-state index contributed by atoms with van der Waals surface area (Å²) in [6, 6.07) is 0. The molecule has 0 saturated heterocycles. The predicted octanol–water partition coefficient (Wildman–Crippen LogP) is 29.3. The first-order valence-corrected chi connectivity index (χ1v) is 52.1. The van der Waals surface area contributed by atoms with Crippen LogP contribution in [0.5, 0.6) is 57.5 Å². The third kappa shape index (κ3) is 24.5. The zero-order chi connectivity index (χ0) is 86.8. The van der Waals surface area contributed by atoms with Crippen LogP contribution in [0.2, 0.25) is 39.3 Å². The van der Waals surface area contributed by atoms with Crippen LogP contribution in [0.15, 0.2) is 0 Å². The second-order valence-corrected chi connectivity index (χ2v) is 46.7. The van der Waals surface area contributed by atoms with E-state index in [4.69, 9.17) is 47.4 Å². The van der Waals surface area contributed by atoms with Crippen molar-refractivity contribution in [1.82, 2.24) is 0 Å². The normalized spacial score (nSPS) is 11.6. The fourth-order valence-electron chi connectivity index (χ4n) is 11.6. The lowest BCUT2D eigenvalue weighted by molar-refractivity contribution is 0.263. The fourth-order valence-corrected chi connectivity index (χ4v) is 21.9. The molecular weight excluding hydrogens is 1670 g/mol. The van der Waals surface area contributed by atoms with Gasteiger partial charge in [-0.05, 0) is 85.0 Å². The highest BCUT2D eigenvalue weighted by Gasteiger charge is 2.41. The smallest absolute Gasteiger partial charge is 0.200 e. The second-order valence-electron chi connectivity index (χ2n) is 30.3. The molecule has 0 aliphatic carbocycles. The molecule has 0 saturated carbocycles. The van der Waals surface area contributed by atoms with Crippen LogP contribution in [-0.4, -0.2) is 82.2 Å². The highest BCUT2D eigenvalue weighted by molar-refractivity contribution is 7.36. The van der Waals surface area contributed by atoms with Crippen molar-refractivity contribution in [2.75, 3.05) is 66.1 Å². The van der Waals surface area contributed by atoms with E-state index >= 15 is 35.1 Å². The van der Waals surface area contributed by atoms with Crippen molar-refractivity contribution in [2.45, 2.75) is 258 Å². The van der Waals surface area contributed by atoms with Gasteiger partial charge >= 0.3 is 0 Å². The summed E-state index contributed by atoms with van der Waals surface area (Å²) in [5.41, 5.74) is -5.65. The Bertz CT molecular complexity index is 4210. The van der Waals surface area contributed by atoms with Gasteiger partial charge in [0.2, 0.25) is 5.82 Å². The molecule has 8 rings (SSSR count). The van der Waals surface area contributed by atoms with Crippen LogP contribution in [0.3, 0.4) is 0 Å². The molecule has 0 aliphatic heterocycles. The molecule has 0 spiro atoms. The van der Waals surface area contributed by atoms with Crippen LogP contribution < -0.4 is 56.4 Å². The zero-order valence-corrected chi connectivity index (χ0v) is 77.3. The third-order valence-corrected chi connectivity index (χ3v) is 31.0. The third-order valence-electron chi connectivity index (χ3n) is 18.3. The SMILES string of the molecule is CCCCOc1c(C)sc(-c2c(F)c(F)c(-c3sc(-c4c(F)c(F)c(-c5sc(C)c(OCCCC)c5OCCCC)c(F)c4F)c(OCCCC)c3OCCCC)c(F)c2F)c1OCCCC.CCCCOc1c(C)sc(-c2c(F)c(F)c(F)c(F)c2F)c1OCCCC.CCCCOc1c([Si](C)(C)C)sc([Si](C)(C)C)c1OCCCC. The van der Waals surface area contributed by atoms with E-state index in [1.165, 1.54) is 21.8 Å². The van der Waals surface area contributed by atoms with Crippen LogP contribution in [0.4, 0.5) is 57.1 Å². The van der Waals surface area contributed by atoms with Gasteiger partial charge in [-0.15, -0.1) is 56.7 Å². The van der Waals surface area contributed by atoms with Gasteiger partial charge in [0.1, 0.15) is 0 Å². The summed E-state index contributed by atoms with van der Waals surface area (Å²) >= 11 is 4.74. The Labute approximate surface area is 705 Å². The number of halogens is 13. The molecule has 654 valence electrons. The maximum atomic E-state index is 16.9. The van der Waals surface area contributed by atoms with Gasteiger partial charge in [-0.3, -0.25) is 0 Å². The van der Waals surface area contributed by atoms with Crippen LogP contribution in [0.25, 0.3) is 52.2 Å². The molecule has 10 nitrogen and oxygen atoms in total. The van der Waals surface area contributed by atoms with Gasteiger partial charge in [0.15, 0.2) is 127 Å². The van der Waals surface area contributed by atoms with Crippen molar-refractivity contribution in [3.63, 3.8) is 0 Å². The molecule has 0 amide bonds. The maximum absolute atomic E-state index is 16.9. The largest absolute Gasteiger partial charge is 0.489 e. The Kier molecular flexibility index (Phi) is 40.6. The molecule has 30 heteroatoms. The molecule has 0 radical (unpaired) electrons. The summed E-state index contributed by atoms with van der Waals surface area (Å²) in [7, 11) is -2.88. The van der Waals surface area contributed by atoms with Crippen LogP contribution >= 0.6 is 56.7 Å². The summed E-state index contributed by atoms with van der Waals surface area (Å²) in [6.07, 6.45) is 15.0. The van der Waals surface area contributed by atoms with Crippen molar-refractivity contribution in [1.29, 1.82) is 0 Å². The van der Waals surface area contributed by atoms with Crippen molar-refractivity contribution < 1.29 is 104 Å². The number of rotatable bonds is 47. The number of ether oxygens (including phenoxy) is 10. The molecule has 3 aromatic carbocycles. The first-order chi connectivity index (χ1) is 55.7. The van der Waals surface area contributed by atoms with Gasteiger partial charge in [0, 0.05) is 23.6 Å². The molecule has 5 heterocycles. The van der Waals surface area contributed by atoms with E-state index in [9.17, 15) is 22.0 Å². The van der Waals surface area contributed by atoms with Crippen LogP contribution in [-0.2, 0) is 0 Å². The molecule has 117 heavy (non-hydrogen) atoms. The minimum atomic E-state index is -2.19. The van der Waals surface area contributed by atoms with Crippen LogP contribution in [0.1, 0.15) is 212 Å². The van der Waals surface area contributed by atoms with Crippen molar-refractivity contribution in [3.8, 4) is 110 Å². The van der Waals surface area contributed by atoms with Crippen molar-refractivity contribution in [3.05, 3.63) is 90.3 Å². The van der Waals surface area contributed by atoms with E-state index in [0.717, 1.165) is 117 Å². The molecule has 0 fully saturated rings. The highest BCUT2D eigenvalue weighted by Crippen LogP contribution is 2.59. The van der Waals surface area contributed by atoms with E-state index in [1.54, 1.807) is 20.8 Å². The molecule has 0 atom stereocenters. The standard InChI is InChI=1S/C50H60F8O6S3.C19H21F5O2S.C18H36O2SSi2/c1-9-15-21-59-41-27(7)65-47(43(41)61-23-17-11-3)29-33(51)37(55)31(38(56)34(29)52)49-45(63-25-19-13-5)46(64-26-20-14-6)50(67-49)32-39(57)35(53)30(36(54)40(32)58)48-44(62-24-18-12-4)42(28(8)66-48)60-22-16-10-2;1-4-6-8-25-17-10(3)27-19(18(17)26-9-7-5-2)11-12(20)14(22)16(24)15(23)13(11)21;1-9-11-13-19-15-16(20-14-12-10-2)18(23(6,7)8)21-17(15)22(3,4)5/h9-26H2,1-8H3;4-9H2,1-3H3;9-14H2,1-8H3. The van der Waals surface area contributed by atoms with Crippen molar-refractivity contribution in [2.24, 2.45) is 0 Å². The zero-order valence-electron chi connectivity index (χ0n) is 71.3. The van der Waals surface area contributed by atoms with E-state index in [0.29, 0.717) is 79.0 Å². The van der Waals surface area contributed by atoms with Gasteiger partial charge in [0.05, 0.1) is 134 Å². The average Bonchev–Trinajstić information content (AvgIpc) is 1.64. The maximum Gasteiger partial charge on any atom is 0.200 e. The Morgan fingerprint density at radius 2 is 0.342 bits per heavy atom. The second kappa shape index (κ2) is 47.8. The van der Waals surface area contributed by atoms with E-state index in [2.05, 4.69) is 53.1 Å². The molecule has 0 unspecified atom stereocenters. The van der Waals surface area contributed by atoms with E-state index < -0.39 is 141 Å². The molecule has 8 aromatic rings. The summed E-state index contributed by atoms with van der Waals surface area (Å²) in [5.74, 6) is -22.8. The number of hydrogen-bond donors (Lipinski definition) is 0. The quantitative estimate of drug-likeness (QED) is 0.0121. The van der Waals surface area contributed by atoms with E-state index in [1.807, 2.05) is 66.7 Å². The van der Waals surface area contributed by atoms with Crippen molar-refractivity contribution >= 4 is 81.8 Å². The molecule has 0 N–H and O–H groups in total.